The molecule has 3 rings (SSSR count). The summed E-state index contributed by atoms with van der Waals surface area (Å²) < 4.78 is 16.0. The number of amides is 1. The first-order valence-corrected chi connectivity index (χ1v) is 10.2. The molecule has 0 atom stereocenters. The molecule has 1 heterocycles. The minimum Gasteiger partial charge on any atom is -0.493 e. The van der Waals surface area contributed by atoms with Gasteiger partial charge in [-0.1, -0.05) is 24.3 Å². The van der Waals surface area contributed by atoms with Crippen molar-refractivity contribution in [2.75, 3.05) is 21.3 Å². The number of esters is 1. The van der Waals surface area contributed by atoms with E-state index in [9.17, 15) is 9.59 Å². The Morgan fingerprint density at radius 3 is 2.52 bits per heavy atom. The van der Waals surface area contributed by atoms with Gasteiger partial charge >= 0.3 is 5.97 Å². The minimum atomic E-state index is -0.375. The number of hydrogen-bond donors (Lipinski definition) is 1. The van der Waals surface area contributed by atoms with Gasteiger partial charge in [-0.25, -0.2) is 9.78 Å². The average molecular weight is 439 g/mol. The standard InChI is InChI=1S/C23H22N2O5S/c1-24-22(26)20-13-25-21(31-20)11-7-15-6-10-18(19(12-15)28-2)30-14-16-4-8-17(9-5-16)23(27)29-3/h4-13H,14H2,1-3H3,(H,24,26)/b11-7+. The number of ether oxygens (including phenoxy) is 3. The Bertz CT molecular complexity index is 1090. The molecular weight excluding hydrogens is 416 g/mol. The zero-order valence-corrected chi connectivity index (χ0v) is 18.2. The summed E-state index contributed by atoms with van der Waals surface area (Å²) in [6, 6.07) is 12.6. The number of nitrogens with zero attached hydrogens (tertiary/aromatic N) is 1. The van der Waals surface area contributed by atoms with Crippen LogP contribution in [0.3, 0.4) is 0 Å². The molecule has 0 aliphatic carbocycles. The molecule has 0 fully saturated rings. The summed E-state index contributed by atoms with van der Waals surface area (Å²) in [6.45, 7) is 0.328. The maximum Gasteiger partial charge on any atom is 0.337 e. The molecule has 0 aliphatic heterocycles. The fourth-order valence-electron chi connectivity index (χ4n) is 2.68. The number of thiazole rings is 1. The highest BCUT2D eigenvalue weighted by atomic mass is 32.1. The second kappa shape index (κ2) is 10.4. The topological polar surface area (TPSA) is 86.8 Å². The summed E-state index contributed by atoms with van der Waals surface area (Å²) >= 11 is 1.31. The van der Waals surface area contributed by atoms with Crippen LogP contribution >= 0.6 is 11.3 Å². The van der Waals surface area contributed by atoms with E-state index in [1.54, 1.807) is 32.5 Å². The van der Waals surface area contributed by atoms with E-state index in [4.69, 9.17) is 14.2 Å². The van der Waals surface area contributed by atoms with Crippen LogP contribution < -0.4 is 14.8 Å². The third-order valence-electron chi connectivity index (χ3n) is 4.35. The maximum absolute atomic E-state index is 11.6. The number of carbonyl (C=O) groups excluding carboxylic acids is 2. The second-order valence-electron chi connectivity index (χ2n) is 6.36. The van der Waals surface area contributed by atoms with Crippen LogP contribution in [0.2, 0.25) is 0 Å². The Morgan fingerprint density at radius 2 is 1.84 bits per heavy atom. The molecule has 0 saturated carbocycles. The first-order chi connectivity index (χ1) is 15.0. The van der Waals surface area contributed by atoms with Gasteiger partial charge in [0.25, 0.3) is 5.91 Å². The summed E-state index contributed by atoms with van der Waals surface area (Å²) in [4.78, 5) is 27.9. The minimum absolute atomic E-state index is 0.153. The molecule has 0 radical (unpaired) electrons. The predicted octanol–water partition coefficient (Wildman–Crippen LogP) is 4.05. The van der Waals surface area contributed by atoms with E-state index in [0.29, 0.717) is 28.5 Å². The molecule has 2 aromatic carbocycles. The van der Waals surface area contributed by atoms with Crippen LogP contribution in [-0.4, -0.2) is 38.1 Å². The van der Waals surface area contributed by atoms with Gasteiger partial charge in [0.2, 0.25) is 0 Å². The van der Waals surface area contributed by atoms with Gasteiger partial charge in [0, 0.05) is 7.05 Å². The average Bonchev–Trinajstić information content (AvgIpc) is 3.30. The molecule has 0 bridgehead atoms. The predicted molar refractivity (Wildman–Crippen MR) is 120 cm³/mol. The number of rotatable bonds is 8. The van der Waals surface area contributed by atoms with Gasteiger partial charge in [-0.05, 0) is 41.5 Å². The van der Waals surface area contributed by atoms with E-state index in [1.165, 1.54) is 18.4 Å². The molecule has 1 amide bonds. The molecular formula is C23H22N2O5S. The van der Waals surface area contributed by atoms with E-state index in [2.05, 4.69) is 10.3 Å². The van der Waals surface area contributed by atoms with Crippen molar-refractivity contribution in [3.63, 3.8) is 0 Å². The van der Waals surface area contributed by atoms with Gasteiger partial charge in [-0.15, -0.1) is 11.3 Å². The molecule has 0 aliphatic rings. The quantitative estimate of drug-likeness (QED) is 0.534. The SMILES string of the molecule is CNC(=O)c1cnc(/C=C/c2ccc(OCc3ccc(C(=O)OC)cc3)c(OC)c2)s1. The van der Waals surface area contributed by atoms with E-state index < -0.39 is 0 Å². The number of nitrogens with one attached hydrogen (secondary N) is 1. The van der Waals surface area contributed by atoms with Crippen LogP contribution in [0.1, 0.15) is 36.2 Å². The van der Waals surface area contributed by atoms with Gasteiger partial charge in [0.05, 0.1) is 26.0 Å². The molecule has 7 nitrogen and oxygen atoms in total. The van der Waals surface area contributed by atoms with Gasteiger partial charge < -0.3 is 19.5 Å². The number of aromatic nitrogens is 1. The number of hydrogen-bond acceptors (Lipinski definition) is 7. The van der Waals surface area contributed by atoms with Crippen LogP contribution in [0.5, 0.6) is 11.5 Å². The fraction of sp³-hybridized carbons (Fsp3) is 0.174. The monoisotopic (exact) mass is 438 g/mol. The summed E-state index contributed by atoms with van der Waals surface area (Å²) in [5, 5.41) is 3.31. The van der Waals surface area contributed by atoms with Crippen molar-refractivity contribution < 1.29 is 23.8 Å². The smallest absolute Gasteiger partial charge is 0.337 e. The van der Waals surface area contributed by atoms with Crippen molar-refractivity contribution >= 4 is 35.4 Å². The summed E-state index contributed by atoms with van der Waals surface area (Å²) in [7, 11) is 4.52. The van der Waals surface area contributed by atoms with Crippen molar-refractivity contribution in [3.8, 4) is 11.5 Å². The Morgan fingerprint density at radius 1 is 1.06 bits per heavy atom. The van der Waals surface area contributed by atoms with Crippen LogP contribution in [0.15, 0.2) is 48.7 Å². The van der Waals surface area contributed by atoms with E-state index >= 15 is 0 Å². The number of benzene rings is 2. The first kappa shape index (κ1) is 22.0. The summed E-state index contributed by atoms with van der Waals surface area (Å²) in [5.41, 5.74) is 2.31. The molecule has 1 N–H and O–H groups in total. The molecule has 3 aromatic rings. The fourth-order valence-corrected chi connectivity index (χ4v) is 3.45. The maximum atomic E-state index is 11.6. The lowest BCUT2D eigenvalue weighted by Gasteiger charge is -2.11. The lowest BCUT2D eigenvalue weighted by molar-refractivity contribution is 0.0600. The second-order valence-corrected chi connectivity index (χ2v) is 7.42. The number of carbonyl (C=O) groups is 2. The molecule has 31 heavy (non-hydrogen) atoms. The van der Waals surface area contributed by atoms with E-state index in [-0.39, 0.29) is 11.9 Å². The highest BCUT2D eigenvalue weighted by molar-refractivity contribution is 7.14. The largest absolute Gasteiger partial charge is 0.493 e. The highest BCUT2D eigenvalue weighted by Crippen LogP contribution is 2.30. The van der Waals surface area contributed by atoms with Crippen LogP contribution in [0.25, 0.3) is 12.2 Å². The molecule has 1 aromatic heterocycles. The Kier molecular flexibility index (Phi) is 7.40. The molecule has 0 unspecified atom stereocenters. The summed E-state index contributed by atoms with van der Waals surface area (Å²) in [6.07, 6.45) is 5.29. The van der Waals surface area contributed by atoms with Gasteiger partial charge in [0.15, 0.2) is 11.5 Å². The van der Waals surface area contributed by atoms with Crippen molar-refractivity contribution in [2.24, 2.45) is 0 Å². The van der Waals surface area contributed by atoms with Crippen LogP contribution in [0.4, 0.5) is 0 Å². The molecule has 0 saturated heterocycles. The zero-order valence-electron chi connectivity index (χ0n) is 17.4. The Labute approximate surface area is 184 Å². The van der Waals surface area contributed by atoms with E-state index in [1.807, 2.05) is 42.5 Å². The van der Waals surface area contributed by atoms with Crippen molar-refractivity contribution in [2.45, 2.75) is 6.61 Å². The van der Waals surface area contributed by atoms with Crippen molar-refractivity contribution in [3.05, 3.63) is 75.2 Å². The highest BCUT2D eigenvalue weighted by Gasteiger charge is 2.09. The lowest BCUT2D eigenvalue weighted by atomic mass is 10.1. The summed E-state index contributed by atoms with van der Waals surface area (Å²) in [5.74, 6) is 0.673. The first-order valence-electron chi connectivity index (χ1n) is 9.38. The molecule has 160 valence electrons. The van der Waals surface area contributed by atoms with Gasteiger partial charge in [-0.2, -0.15) is 0 Å². The van der Waals surface area contributed by atoms with Crippen molar-refractivity contribution in [1.82, 2.24) is 10.3 Å². The zero-order chi connectivity index (χ0) is 22.2. The normalized spacial score (nSPS) is 10.7. The van der Waals surface area contributed by atoms with E-state index in [0.717, 1.165) is 16.1 Å². The Hall–Kier alpha value is -3.65. The third kappa shape index (κ3) is 5.70. The molecule has 8 heteroatoms. The number of methoxy groups -OCH3 is 2. The Balaban J connectivity index is 1.66. The van der Waals surface area contributed by atoms with Crippen LogP contribution in [-0.2, 0) is 11.3 Å². The lowest BCUT2D eigenvalue weighted by Crippen LogP contribution is -2.16. The van der Waals surface area contributed by atoms with Crippen molar-refractivity contribution in [1.29, 1.82) is 0 Å². The van der Waals surface area contributed by atoms with Crippen LogP contribution in [0, 0.1) is 0 Å². The van der Waals surface area contributed by atoms with Gasteiger partial charge in [0.1, 0.15) is 16.5 Å². The third-order valence-corrected chi connectivity index (χ3v) is 5.31. The van der Waals surface area contributed by atoms with Gasteiger partial charge in [-0.3, -0.25) is 4.79 Å². The molecule has 0 spiro atoms.